The molecule has 1 aliphatic rings. The summed E-state index contributed by atoms with van der Waals surface area (Å²) in [5.74, 6) is -4.35. The van der Waals surface area contributed by atoms with Crippen molar-refractivity contribution in [2.24, 2.45) is 0 Å². The lowest BCUT2D eigenvalue weighted by Crippen LogP contribution is -2.28. The smallest absolute Gasteiger partial charge is 0.256 e. The first-order valence-electron chi connectivity index (χ1n) is 5.78. The van der Waals surface area contributed by atoms with Crippen molar-refractivity contribution in [2.75, 3.05) is 6.54 Å². The van der Waals surface area contributed by atoms with Gasteiger partial charge in [-0.05, 0) is 46.9 Å². The van der Waals surface area contributed by atoms with Crippen LogP contribution in [0.2, 0.25) is 0 Å². The normalized spacial score (nSPS) is 15.4. The Kier molecular flexibility index (Phi) is 4.70. The molecule has 7 heteroatoms. The maximum atomic E-state index is 13.3. The highest BCUT2D eigenvalue weighted by molar-refractivity contribution is 14.1. The molecule has 0 unspecified atom stereocenters. The van der Waals surface area contributed by atoms with Gasteiger partial charge in [0, 0.05) is 20.5 Å². The molecule has 0 N–H and O–H groups in total. The van der Waals surface area contributed by atoms with Crippen molar-refractivity contribution in [3.8, 4) is 0 Å². The van der Waals surface area contributed by atoms with Gasteiger partial charge in [-0.2, -0.15) is 0 Å². The molecule has 0 saturated heterocycles. The van der Waals surface area contributed by atoms with E-state index in [9.17, 15) is 22.0 Å². The second kappa shape index (κ2) is 6.17. The van der Waals surface area contributed by atoms with Crippen LogP contribution >= 0.6 is 22.6 Å². The molecule has 1 aliphatic heterocycles. The van der Waals surface area contributed by atoms with Crippen LogP contribution < -0.4 is 0 Å². The van der Waals surface area contributed by atoms with E-state index in [4.69, 9.17) is 0 Å². The van der Waals surface area contributed by atoms with Crippen LogP contribution in [-0.4, -0.2) is 17.9 Å². The molecule has 0 bridgehead atoms. The summed E-state index contributed by atoms with van der Waals surface area (Å²) in [5.41, 5.74) is 0.394. The van der Waals surface area contributed by atoms with Crippen LogP contribution in [-0.2, 0) is 0 Å². The lowest BCUT2D eigenvalue weighted by molar-refractivity contribution is 0.123. The molecule has 21 heavy (non-hydrogen) atoms. The van der Waals surface area contributed by atoms with Gasteiger partial charge in [0.2, 0.25) is 0 Å². The maximum absolute atomic E-state index is 13.3. The average molecular weight is 413 g/mol. The number of rotatable bonds is 3. The Labute approximate surface area is 131 Å². The zero-order valence-corrected chi connectivity index (χ0v) is 12.7. The quantitative estimate of drug-likeness (QED) is 0.389. The van der Waals surface area contributed by atoms with Gasteiger partial charge in [0.15, 0.2) is 17.5 Å². The van der Waals surface area contributed by atoms with Crippen molar-refractivity contribution in [1.29, 1.82) is 0 Å². The van der Waals surface area contributed by atoms with Crippen molar-refractivity contribution >= 4 is 28.3 Å². The molecule has 0 aromatic heterocycles. The Morgan fingerprint density at radius 3 is 2.19 bits per heavy atom. The van der Waals surface area contributed by atoms with Gasteiger partial charge in [0.05, 0.1) is 6.54 Å². The molecule has 0 aliphatic carbocycles. The Morgan fingerprint density at radius 2 is 1.67 bits per heavy atom. The standard InChI is InChI=1S/C14H9F5IN/c1-7-11(20)2-3-12(21(7)6-13(17)18)8-4-9(15)14(19)10(16)5-8/h2-5,13H,1,6H2. The monoisotopic (exact) mass is 413 g/mol. The summed E-state index contributed by atoms with van der Waals surface area (Å²) >= 11 is 1.92. The van der Waals surface area contributed by atoms with E-state index in [1.807, 2.05) is 22.6 Å². The van der Waals surface area contributed by atoms with Gasteiger partial charge in [-0.15, -0.1) is 0 Å². The van der Waals surface area contributed by atoms with E-state index < -0.39 is 30.4 Å². The predicted octanol–water partition coefficient (Wildman–Crippen LogP) is 4.86. The fourth-order valence-electron chi connectivity index (χ4n) is 1.91. The highest BCUT2D eigenvalue weighted by Gasteiger charge is 2.24. The molecule has 0 radical (unpaired) electrons. The highest BCUT2D eigenvalue weighted by atomic mass is 127. The van der Waals surface area contributed by atoms with Gasteiger partial charge in [0.1, 0.15) is 0 Å². The van der Waals surface area contributed by atoms with E-state index in [-0.39, 0.29) is 11.3 Å². The van der Waals surface area contributed by atoms with Crippen LogP contribution in [0.1, 0.15) is 5.56 Å². The Morgan fingerprint density at radius 1 is 1.10 bits per heavy atom. The summed E-state index contributed by atoms with van der Waals surface area (Å²) in [6.07, 6.45) is 0.354. The number of nitrogens with zero attached hydrogens (tertiary/aromatic N) is 1. The van der Waals surface area contributed by atoms with E-state index >= 15 is 0 Å². The van der Waals surface area contributed by atoms with Crippen LogP contribution in [0.3, 0.4) is 0 Å². The van der Waals surface area contributed by atoms with Gasteiger partial charge in [-0.3, -0.25) is 0 Å². The Hall–Kier alpha value is -1.38. The van der Waals surface area contributed by atoms with Crippen LogP contribution in [0.5, 0.6) is 0 Å². The summed E-state index contributed by atoms with van der Waals surface area (Å²) in [6, 6.07) is 1.53. The predicted molar refractivity (Wildman–Crippen MR) is 78.2 cm³/mol. The molecule has 0 fully saturated rings. The number of hydrogen-bond donors (Lipinski definition) is 0. The van der Waals surface area contributed by atoms with Gasteiger partial charge in [-0.25, -0.2) is 22.0 Å². The van der Waals surface area contributed by atoms with Gasteiger partial charge in [-0.1, -0.05) is 6.58 Å². The molecule has 0 amide bonds. The molecule has 2 rings (SSSR count). The number of allylic oxidation sites excluding steroid dienone is 3. The van der Waals surface area contributed by atoms with Crippen LogP contribution in [0.15, 0.2) is 40.1 Å². The first-order chi connectivity index (χ1) is 9.81. The fourth-order valence-corrected chi connectivity index (χ4v) is 2.39. The van der Waals surface area contributed by atoms with E-state index in [0.717, 1.165) is 17.0 Å². The minimum absolute atomic E-state index is 0.0339. The SMILES string of the molecule is C=C1C(I)=CC=C(c2cc(F)c(F)c(F)c2)N1CC(F)F. The highest BCUT2D eigenvalue weighted by Crippen LogP contribution is 2.34. The topological polar surface area (TPSA) is 3.24 Å². The van der Waals surface area contributed by atoms with Gasteiger partial charge in [0.25, 0.3) is 6.43 Å². The summed E-state index contributed by atoms with van der Waals surface area (Å²) in [4.78, 5) is 1.15. The van der Waals surface area contributed by atoms with Gasteiger partial charge < -0.3 is 4.90 Å². The van der Waals surface area contributed by atoms with Crippen molar-refractivity contribution < 1.29 is 22.0 Å². The largest absolute Gasteiger partial charge is 0.335 e. The van der Waals surface area contributed by atoms with E-state index in [2.05, 4.69) is 6.58 Å². The number of hydrogen-bond acceptors (Lipinski definition) is 1. The lowest BCUT2D eigenvalue weighted by atomic mass is 10.1. The second-order valence-electron chi connectivity index (χ2n) is 4.27. The van der Waals surface area contributed by atoms with Crippen molar-refractivity contribution in [3.05, 3.63) is 63.2 Å². The second-order valence-corrected chi connectivity index (χ2v) is 5.43. The van der Waals surface area contributed by atoms with E-state index in [1.54, 1.807) is 6.08 Å². The summed E-state index contributed by atoms with van der Waals surface area (Å²) < 4.78 is 65.6. The maximum Gasteiger partial charge on any atom is 0.256 e. The summed E-state index contributed by atoms with van der Waals surface area (Å²) in [7, 11) is 0. The third kappa shape index (κ3) is 3.28. The van der Waals surface area contributed by atoms with Crippen molar-refractivity contribution in [2.45, 2.75) is 6.43 Å². The molecular weight excluding hydrogens is 404 g/mol. The van der Waals surface area contributed by atoms with Crippen molar-refractivity contribution in [1.82, 2.24) is 4.90 Å². The zero-order chi connectivity index (χ0) is 15.7. The third-order valence-corrected chi connectivity index (χ3v) is 3.86. The van der Waals surface area contributed by atoms with Crippen LogP contribution in [0, 0.1) is 17.5 Å². The lowest BCUT2D eigenvalue weighted by Gasteiger charge is -2.31. The minimum Gasteiger partial charge on any atom is -0.335 e. The molecule has 0 atom stereocenters. The van der Waals surface area contributed by atoms with Crippen LogP contribution in [0.25, 0.3) is 5.70 Å². The molecule has 0 saturated carbocycles. The first-order valence-corrected chi connectivity index (χ1v) is 6.86. The molecule has 1 aromatic rings. The molecule has 1 heterocycles. The Bertz CT molecular complexity index is 628. The van der Waals surface area contributed by atoms with E-state index in [1.165, 1.54) is 6.08 Å². The Balaban J connectivity index is 2.51. The summed E-state index contributed by atoms with van der Waals surface area (Å²) in [6.45, 7) is 3.01. The number of halogens is 6. The molecule has 1 nitrogen and oxygen atoms in total. The van der Waals surface area contributed by atoms with E-state index in [0.29, 0.717) is 9.28 Å². The van der Waals surface area contributed by atoms with Crippen LogP contribution in [0.4, 0.5) is 22.0 Å². The third-order valence-electron chi connectivity index (χ3n) is 2.88. The molecule has 1 aromatic carbocycles. The molecular formula is C14H9F5IN. The van der Waals surface area contributed by atoms with Gasteiger partial charge >= 0.3 is 0 Å². The fraction of sp³-hybridized carbons (Fsp3) is 0.143. The average Bonchev–Trinajstić information content (AvgIpc) is 2.40. The molecule has 112 valence electrons. The number of alkyl halides is 2. The molecule has 0 spiro atoms. The summed E-state index contributed by atoms with van der Waals surface area (Å²) in [5, 5.41) is 0. The minimum atomic E-state index is -2.66. The van der Waals surface area contributed by atoms with Crippen molar-refractivity contribution in [3.63, 3.8) is 0 Å². The zero-order valence-electron chi connectivity index (χ0n) is 10.5. The number of benzene rings is 1. The first kappa shape index (κ1) is 16.0.